The summed E-state index contributed by atoms with van der Waals surface area (Å²) in [4.78, 5) is 11.8. The van der Waals surface area contributed by atoms with E-state index in [1.807, 2.05) is 0 Å². The maximum absolute atomic E-state index is 14.0. The van der Waals surface area contributed by atoms with Crippen LogP contribution in [0.4, 0.5) is 30.7 Å². The van der Waals surface area contributed by atoms with Gasteiger partial charge in [-0.3, -0.25) is 9.36 Å². The maximum atomic E-state index is 14.0. The van der Waals surface area contributed by atoms with Crippen molar-refractivity contribution in [1.82, 2.24) is 4.57 Å². The van der Waals surface area contributed by atoms with E-state index in [1.54, 1.807) is 0 Å². The number of rotatable bonds is 1. The topological polar surface area (TPSA) is 22.0 Å². The molecule has 1 heterocycles. The minimum Gasteiger partial charge on any atom is -0.279 e. The average molecular weight is 439 g/mol. The number of pyridine rings is 1. The van der Waals surface area contributed by atoms with Gasteiger partial charge in [0.2, 0.25) is 0 Å². The molecule has 2 rings (SSSR count). The van der Waals surface area contributed by atoms with E-state index in [0.717, 1.165) is 0 Å². The molecule has 1 aromatic heterocycles. The van der Waals surface area contributed by atoms with Crippen LogP contribution in [0.15, 0.2) is 33.7 Å². The van der Waals surface area contributed by atoms with Crippen LogP contribution < -0.4 is 5.56 Å². The van der Waals surface area contributed by atoms with Gasteiger partial charge >= 0.3 is 12.4 Å². The Labute approximate surface area is 142 Å². The monoisotopic (exact) mass is 437 g/mol. The molecular weight excluding hydrogens is 434 g/mol. The molecule has 130 valence electrons. The van der Waals surface area contributed by atoms with Crippen molar-refractivity contribution in [3.05, 3.63) is 61.2 Å². The van der Waals surface area contributed by atoms with Crippen molar-refractivity contribution >= 4 is 27.5 Å². The second-order valence-electron chi connectivity index (χ2n) is 4.53. The molecule has 0 fully saturated rings. The molecular formula is C13H4BrClF7NO. The quantitative estimate of drug-likeness (QED) is 0.544. The van der Waals surface area contributed by atoms with Crippen LogP contribution in [0.3, 0.4) is 0 Å². The normalized spacial score (nSPS) is 12.5. The minimum atomic E-state index is -4.88. The summed E-state index contributed by atoms with van der Waals surface area (Å²) in [6.07, 6.45) is -9.14. The Morgan fingerprint density at radius 3 is 2.04 bits per heavy atom. The molecule has 0 amide bonds. The molecule has 0 bridgehead atoms. The van der Waals surface area contributed by atoms with Gasteiger partial charge in [-0.05, 0) is 28.1 Å². The Balaban J connectivity index is 2.70. The van der Waals surface area contributed by atoms with Crippen LogP contribution in [-0.2, 0) is 12.4 Å². The molecule has 2 aromatic rings. The van der Waals surface area contributed by atoms with Gasteiger partial charge in [0.15, 0.2) is 0 Å². The van der Waals surface area contributed by atoms with Crippen molar-refractivity contribution < 1.29 is 30.7 Å². The van der Waals surface area contributed by atoms with Crippen molar-refractivity contribution in [1.29, 1.82) is 0 Å². The van der Waals surface area contributed by atoms with Crippen molar-refractivity contribution in [2.75, 3.05) is 0 Å². The number of aromatic nitrogens is 1. The lowest BCUT2D eigenvalue weighted by molar-refractivity contribution is -0.139. The molecule has 0 saturated carbocycles. The third-order valence-electron chi connectivity index (χ3n) is 2.90. The van der Waals surface area contributed by atoms with Crippen molar-refractivity contribution in [3.63, 3.8) is 0 Å². The summed E-state index contributed by atoms with van der Waals surface area (Å²) in [5.74, 6) is -1.51. The summed E-state index contributed by atoms with van der Waals surface area (Å²) in [5, 5.41) is -0.781. The first-order chi connectivity index (χ1) is 10.8. The zero-order chi connectivity index (χ0) is 18.4. The number of alkyl halides is 6. The Morgan fingerprint density at radius 1 is 1.00 bits per heavy atom. The first kappa shape index (κ1) is 18.8. The predicted octanol–water partition coefficient (Wildman–Crippen LogP) is 5.43. The molecule has 0 unspecified atom stereocenters. The fourth-order valence-corrected chi connectivity index (χ4v) is 2.70. The summed E-state index contributed by atoms with van der Waals surface area (Å²) in [6.45, 7) is 0. The van der Waals surface area contributed by atoms with E-state index in [-0.39, 0.29) is 12.1 Å². The molecule has 0 aliphatic carbocycles. The zero-order valence-electron chi connectivity index (χ0n) is 11.1. The molecule has 0 spiro atoms. The number of hydrogen-bond acceptors (Lipinski definition) is 1. The summed E-state index contributed by atoms with van der Waals surface area (Å²) in [6, 6.07) is 0.648. The average Bonchev–Trinajstić information content (AvgIpc) is 2.39. The van der Waals surface area contributed by atoms with Gasteiger partial charge in [-0.25, -0.2) is 4.39 Å². The second-order valence-corrected chi connectivity index (χ2v) is 5.79. The van der Waals surface area contributed by atoms with Crippen LogP contribution in [0, 0.1) is 5.82 Å². The fourth-order valence-electron chi connectivity index (χ4n) is 1.86. The Hall–Kier alpha value is -1.55. The third kappa shape index (κ3) is 3.59. The predicted molar refractivity (Wildman–Crippen MR) is 74.7 cm³/mol. The first-order valence-electron chi connectivity index (χ1n) is 5.88. The molecule has 0 radical (unpaired) electrons. The van der Waals surface area contributed by atoms with E-state index in [4.69, 9.17) is 11.6 Å². The molecule has 11 heteroatoms. The highest BCUT2D eigenvalue weighted by Gasteiger charge is 2.35. The van der Waals surface area contributed by atoms with Gasteiger partial charge in [0.25, 0.3) is 5.56 Å². The van der Waals surface area contributed by atoms with Crippen molar-refractivity contribution in [3.8, 4) is 5.69 Å². The molecule has 0 N–H and O–H groups in total. The zero-order valence-corrected chi connectivity index (χ0v) is 13.4. The van der Waals surface area contributed by atoms with E-state index >= 15 is 0 Å². The lowest BCUT2D eigenvalue weighted by atomic mass is 10.1. The van der Waals surface area contributed by atoms with Crippen LogP contribution in [0.2, 0.25) is 5.02 Å². The van der Waals surface area contributed by atoms with E-state index in [1.165, 1.54) is 0 Å². The summed E-state index contributed by atoms with van der Waals surface area (Å²) in [7, 11) is 0. The van der Waals surface area contributed by atoms with E-state index in [0.29, 0.717) is 16.8 Å². The van der Waals surface area contributed by atoms with Crippen LogP contribution in [-0.4, -0.2) is 4.57 Å². The molecule has 24 heavy (non-hydrogen) atoms. The van der Waals surface area contributed by atoms with Crippen molar-refractivity contribution in [2.45, 2.75) is 12.4 Å². The fraction of sp³-hybridized carbons (Fsp3) is 0.154. The largest absolute Gasteiger partial charge is 0.417 e. The van der Waals surface area contributed by atoms with Gasteiger partial charge < -0.3 is 0 Å². The van der Waals surface area contributed by atoms with Crippen LogP contribution >= 0.6 is 27.5 Å². The van der Waals surface area contributed by atoms with Gasteiger partial charge in [0.1, 0.15) is 11.5 Å². The van der Waals surface area contributed by atoms with E-state index in [9.17, 15) is 35.5 Å². The number of nitrogens with zero attached hydrogens (tertiary/aromatic N) is 1. The Morgan fingerprint density at radius 2 is 1.58 bits per heavy atom. The Kier molecular flexibility index (Phi) is 4.75. The second kappa shape index (κ2) is 6.07. The molecule has 0 saturated heterocycles. The van der Waals surface area contributed by atoms with Crippen molar-refractivity contribution in [2.24, 2.45) is 0 Å². The highest BCUT2D eigenvalue weighted by atomic mass is 79.9. The van der Waals surface area contributed by atoms with Crippen LogP contribution in [0.25, 0.3) is 5.69 Å². The van der Waals surface area contributed by atoms with Gasteiger partial charge in [-0.1, -0.05) is 11.6 Å². The number of benzene rings is 1. The number of hydrogen-bond donors (Lipinski definition) is 0. The third-order valence-corrected chi connectivity index (χ3v) is 3.82. The highest BCUT2D eigenvalue weighted by molar-refractivity contribution is 9.10. The standard InChI is InChI=1S/C13H4BrClF7NO/c14-7-4-23(10(24)3-6(7)13(20,21)22)11-8(15)1-5(2-9(11)16)12(17,18)19/h1-4H. The van der Waals surface area contributed by atoms with E-state index in [2.05, 4.69) is 15.9 Å². The first-order valence-corrected chi connectivity index (χ1v) is 7.05. The van der Waals surface area contributed by atoms with Gasteiger partial charge in [-0.2, -0.15) is 26.3 Å². The SMILES string of the molecule is O=c1cc(C(F)(F)F)c(Br)cn1-c1c(F)cc(C(F)(F)F)cc1Cl. The molecule has 1 aromatic carbocycles. The van der Waals surface area contributed by atoms with Crippen LogP contribution in [0.5, 0.6) is 0 Å². The lowest BCUT2D eigenvalue weighted by Gasteiger charge is -2.15. The summed E-state index contributed by atoms with van der Waals surface area (Å²) in [5.41, 5.74) is -4.81. The van der Waals surface area contributed by atoms with E-state index < -0.39 is 50.0 Å². The molecule has 0 aliphatic rings. The number of halogens is 9. The van der Waals surface area contributed by atoms with Crippen LogP contribution in [0.1, 0.15) is 11.1 Å². The lowest BCUT2D eigenvalue weighted by Crippen LogP contribution is -2.22. The maximum Gasteiger partial charge on any atom is 0.417 e. The molecule has 0 atom stereocenters. The molecule has 0 aliphatic heterocycles. The highest BCUT2D eigenvalue weighted by Crippen LogP contribution is 2.36. The minimum absolute atomic E-state index is 0.0965. The smallest absolute Gasteiger partial charge is 0.279 e. The Bertz CT molecular complexity index is 834. The summed E-state index contributed by atoms with van der Waals surface area (Å²) < 4.78 is 89.6. The summed E-state index contributed by atoms with van der Waals surface area (Å²) >= 11 is 8.18. The van der Waals surface area contributed by atoms with Gasteiger partial charge in [0.05, 0.1) is 16.1 Å². The molecule has 2 nitrogen and oxygen atoms in total. The van der Waals surface area contributed by atoms with Gasteiger partial charge in [-0.15, -0.1) is 0 Å². The van der Waals surface area contributed by atoms with Gasteiger partial charge in [0, 0.05) is 16.7 Å².